The third-order valence-corrected chi connectivity index (χ3v) is 4.36. The molecule has 1 aliphatic rings. The molecule has 0 spiro atoms. The number of rotatable bonds is 7. The van der Waals surface area contributed by atoms with Crippen molar-refractivity contribution in [3.05, 3.63) is 29.8 Å². The van der Waals surface area contributed by atoms with E-state index in [1.165, 1.54) is 0 Å². The highest BCUT2D eigenvalue weighted by Crippen LogP contribution is 2.24. The molecule has 24 heavy (non-hydrogen) atoms. The lowest BCUT2D eigenvalue weighted by Crippen LogP contribution is -2.44. The highest BCUT2D eigenvalue weighted by molar-refractivity contribution is 5.74. The van der Waals surface area contributed by atoms with E-state index in [1.807, 2.05) is 31.2 Å². The van der Waals surface area contributed by atoms with Gasteiger partial charge in [-0.15, -0.1) is 0 Å². The minimum absolute atomic E-state index is 0.0660. The van der Waals surface area contributed by atoms with Crippen LogP contribution in [0.1, 0.15) is 38.2 Å². The largest absolute Gasteiger partial charge is 0.494 e. The van der Waals surface area contributed by atoms with Gasteiger partial charge >= 0.3 is 12.0 Å². The van der Waals surface area contributed by atoms with Crippen molar-refractivity contribution in [3.63, 3.8) is 0 Å². The molecule has 2 rings (SSSR count). The summed E-state index contributed by atoms with van der Waals surface area (Å²) in [5.41, 5.74) is 1.07. The molecular weight excluding hydrogens is 308 g/mol. The molecule has 0 radical (unpaired) electrons. The Morgan fingerprint density at radius 2 is 1.92 bits per heavy atom. The zero-order chi connectivity index (χ0) is 17.4. The molecule has 0 saturated heterocycles. The molecule has 2 amide bonds. The average Bonchev–Trinajstić information content (AvgIpc) is 2.57. The first-order valence-corrected chi connectivity index (χ1v) is 8.58. The van der Waals surface area contributed by atoms with Gasteiger partial charge in [-0.1, -0.05) is 18.2 Å². The van der Waals surface area contributed by atoms with Crippen LogP contribution in [0, 0.1) is 5.92 Å². The van der Waals surface area contributed by atoms with Crippen LogP contribution in [0.5, 0.6) is 5.75 Å². The number of ether oxygens (including phenoxy) is 1. The van der Waals surface area contributed by atoms with E-state index in [1.54, 1.807) is 0 Å². The van der Waals surface area contributed by atoms with E-state index in [9.17, 15) is 9.59 Å². The van der Waals surface area contributed by atoms with E-state index in [0.717, 1.165) is 24.2 Å². The summed E-state index contributed by atoms with van der Waals surface area (Å²) in [7, 11) is 0. The summed E-state index contributed by atoms with van der Waals surface area (Å²) in [5.74, 6) is -0.138. The van der Waals surface area contributed by atoms with E-state index in [0.29, 0.717) is 32.4 Å². The van der Waals surface area contributed by atoms with Crippen molar-refractivity contribution >= 4 is 12.0 Å². The van der Waals surface area contributed by atoms with Gasteiger partial charge in [-0.05, 0) is 50.7 Å². The Labute approximate surface area is 142 Å². The van der Waals surface area contributed by atoms with Crippen molar-refractivity contribution in [2.24, 2.45) is 5.92 Å². The Morgan fingerprint density at radius 1 is 1.21 bits per heavy atom. The third-order valence-electron chi connectivity index (χ3n) is 4.36. The molecule has 0 heterocycles. The maximum absolute atomic E-state index is 12.0. The van der Waals surface area contributed by atoms with Gasteiger partial charge in [-0.3, -0.25) is 4.79 Å². The minimum Gasteiger partial charge on any atom is -0.494 e. The highest BCUT2D eigenvalue weighted by atomic mass is 16.5. The second-order valence-corrected chi connectivity index (χ2v) is 6.08. The van der Waals surface area contributed by atoms with Crippen LogP contribution in [0.15, 0.2) is 24.3 Å². The summed E-state index contributed by atoms with van der Waals surface area (Å²) in [5, 5.41) is 14.8. The van der Waals surface area contributed by atoms with Gasteiger partial charge in [0.25, 0.3) is 0 Å². The van der Waals surface area contributed by atoms with Gasteiger partial charge in [0.1, 0.15) is 5.75 Å². The second-order valence-electron chi connectivity index (χ2n) is 6.08. The third kappa shape index (κ3) is 5.44. The molecule has 0 aliphatic heterocycles. The first-order chi connectivity index (χ1) is 11.6. The molecular formula is C18H26N2O4. The molecule has 1 aliphatic carbocycles. The van der Waals surface area contributed by atoms with Gasteiger partial charge < -0.3 is 20.5 Å². The highest BCUT2D eigenvalue weighted by Gasteiger charge is 2.26. The lowest BCUT2D eigenvalue weighted by atomic mass is 9.86. The number of carboxylic acid groups (broad SMARTS) is 1. The summed E-state index contributed by atoms with van der Waals surface area (Å²) in [4.78, 5) is 22.9. The SMILES string of the molecule is CCOc1ccccc1CCNC(=O)NC1CCC(C(=O)O)CC1. The molecule has 1 aromatic rings. The van der Waals surface area contributed by atoms with Crippen LogP contribution >= 0.6 is 0 Å². The number of aliphatic carboxylic acids is 1. The van der Waals surface area contributed by atoms with Crippen LogP contribution < -0.4 is 15.4 Å². The maximum atomic E-state index is 12.0. The summed E-state index contributed by atoms with van der Waals surface area (Å²) >= 11 is 0. The predicted octanol–water partition coefficient (Wildman–Crippen LogP) is 2.57. The molecule has 1 aromatic carbocycles. The molecule has 3 N–H and O–H groups in total. The van der Waals surface area contributed by atoms with Crippen LogP contribution in [0.2, 0.25) is 0 Å². The van der Waals surface area contributed by atoms with Gasteiger partial charge in [0.2, 0.25) is 0 Å². The Morgan fingerprint density at radius 3 is 2.58 bits per heavy atom. The molecule has 0 aromatic heterocycles. The number of carbonyl (C=O) groups excluding carboxylic acids is 1. The molecule has 0 unspecified atom stereocenters. The topological polar surface area (TPSA) is 87.7 Å². The number of carbonyl (C=O) groups is 2. The van der Waals surface area contributed by atoms with Gasteiger partial charge in [-0.2, -0.15) is 0 Å². The van der Waals surface area contributed by atoms with E-state index < -0.39 is 5.97 Å². The first-order valence-electron chi connectivity index (χ1n) is 8.58. The normalized spacial score (nSPS) is 20.2. The maximum Gasteiger partial charge on any atom is 0.315 e. The zero-order valence-electron chi connectivity index (χ0n) is 14.1. The number of para-hydroxylation sites is 1. The lowest BCUT2D eigenvalue weighted by molar-refractivity contribution is -0.142. The van der Waals surface area contributed by atoms with Crippen molar-refractivity contribution in [2.75, 3.05) is 13.2 Å². The molecule has 1 fully saturated rings. The first kappa shape index (κ1) is 18.1. The number of benzene rings is 1. The number of amides is 2. The number of carboxylic acids is 1. The van der Waals surface area contributed by atoms with E-state index >= 15 is 0 Å². The Bertz CT molecular complexity index is 554. The van der Waals surface area contributed by atoms with Crippen molar-refractivity contribution in [2.45, 2.75) is 45.1 Å². The average molecular weight is 334 g/mol. The quantitative estimate of drug-likeness (QED) is 0.715. The van der Waals surface area contributed by atoms with E-state index in [-0.39, 0.29) is 18.0 Å². The van der Waals surface area contributed by atoms with Gasteiger partial charge in [0.15, 0.2) is 0 Å². The summed E-state index contributed by atoms with van der Waals surface area (Å²) < 4.78 is 5.57. The van der Waals surface area contributed by atoms with Crippen LogP contribution in [0.4, 0.5) is 4.79 Å². The molecule has 0 atom stereocenters. The standard InChI is InChI=1S/C18H26N2O4/c1-2-24-16-6-4-3-5-13(16)11-12-19-18(23)20-15-9-7-14(8-10-15)17(21)22/h3-6,14-15H,2,7-12H2,1H3,(H,21,22)(H2,19,20,23). The van der Waals surface area contributed by atoms with E-state index in [4.69, 9.17) is 9.84 Å². The number of hydrogen-bond acceptors (Lipinski definition) is 3. The predicted molar refractivity (Wildman–Crippen MR) is 91.2 cm³/mol. The number of urea groups is 1. The second kappa shape index (κ2) is 9.15. The van der Waals surface area contributed by atoms with Gasteiger partial charge in [-0.25, -0.2) is 4.79 Å². The summed E-state index contributed by atoms with van der Waals surface area (Å²) in [6, 6.07) is 7.69. The van der Waals surface area contributed by atoms with Crippen LogP contribution in [-0.4, -0.2) is 36.3 Å². The fourth-order valence-electron chi connectivity index (χ4n) is 3.04. The fourth-order valence-corrected chi connectivity index (χ4v) is 3.04. The fraction of sp³-hybridized carbons (Fsp3) is 0.556. The van der Waals surface area contributed by atoms with Gasteiger partial charge in [0, 0.05) is 12.6 Å². The Hall–Kier alpha value is -2.24. The molecule has 6 nitrogen and oxygen atoms in total. The summed E-state index contributed by atoms with van der Waals surface area (Å²) in [6.45, 7) is 3.09. The van der Waals surface area contributed by atoms with Crippen LogP contribution in [0.3, 0.4) is 0 Å². The van der Waals surface area contributed by atoms with E-state index in [2.05, 4.69) is 10.6 Å². The Kier molecular flexibility index (Phi) is 6.90. The number of nitrogens with one attached hydrogen (secondary N) is 2. The summed E-state index contributed by atoms with van der Waals surface area (Å²) in [6.07, 6.45) is 3.40. The smallest absolute Gasteiger partial charge is 0.315 e. The number of hydrogen-bond donors (Lipinski definition) is 3. The molecule has 6 heteroatoms. The van der Waals surface area contributed by atoms with Crippen molar-refractivity contribution in [1.29, 1.82) is 0 Å². The van der Waals surface area contributed by atoms with Crippen LogP contribution in [0.25, 0.3) is 0 Å². The van der Waals surface area contributed by atoms with Crippen molar-refractivity contribution in [3.8, 4) is 5.75 Å². The van der Waals surface area contributed by atoms with Gasteiger partial charge in [0.05, 0.1) is 12.5 Å². The van der Waals surface area contributed by atoms with Crippen LogP contribution in [-0.2, 0) is 11.2 Å². The monoisotopic (exact) mass is 334 g/mol. The molecule has 1 saturated carbocycles. The van der Waals surface area contributed by atoms with Crippen molar-refractivity contribution < 1.29 is 19.4 Å². The Balaban J connectivity index is 1.70. The molecule has 0 bridgehead atoms. The zero-order valence-corrected chi connectivity index (χ0v) is 14.1. The lowest BCUT2D eigenvalue weighted by Gasteiger charge is -2.26. The van der Waals surface area contributed by atoms with Crippen molar-refractivity contribution in [1.82, 2.24) is 10.6 Å². The minimum atomic E-state index is -0.731. The molecule has 132 valence electrons.